The van der Waals surface area contributed by atoms with Gasteiger partial charge in [-0.3, -0.25) is 4.99 Å². The first-order valence-corrected chi connectivity index (χ1v) is 10.7. The minimum Gasteiger partial charge on any atom is -0.377 e. The molecule has 0 bridgehead atoms. The van der Waals surface area contributed by atoms with Gasteiger partial charge in [-0.15, -0.1) is 24.0 Å². The summed E-state index contributed by atoms with van der Waals surface area (Å²) in [5.41, 5.74) is 2.55. The van der Waals surface area contributed by atoms with Gasteiger partial charge >= 0.3 is 0 Å². The molecule has 2 heterocycles. The lowest BCUT2D eigenvalue weighted by Crippen LogP contribution is -2.47. The molecule has 0 fully saturated rings. The summed E-state index contributed by atoms with van der Waals surface area (Å²) in [5.74, 6) is 2.64. The van der Waals surface area contributed by atoms with Crippen LogP contribution in [0.4, 0.5) is 0 Å². The number of methoxy groups -OCH3 is 1. The number of nitrogens with zero attached hydrogens (tertiary/aromatic N) is 5. The van der Waals surface area contributed by atoms with Crippen LogP contribution in [-0.2, 0) is 24.3 Å². The number of ether oxygens (including phenoxy) is 1. The van der Waals surface area contributed by atoms with Crippen molar-refractivity contribution in [2.45, 2.75) is 51.9 Å². The average Bonchev–Trinajstić information content (AvgIpc) is 3.11. The molecular weight excluding hydrogens is 505 g/mol. The van der Waals surface area contributed by atoms with Crippen molar-refractivity contribution >= 4 is 29.9 Å². The number of aliphatic imine (C=N–C) groups is 1. The standard InChI is InChI=1S/C22H35N7O.HI/c1-6-23-22(24-13-19(28(3)4)17-9-7-16(2)8-10-17)25-18-11-12-21-26-20(15-30-5)27-29(21)14-18;/h7-10,18-19H,6,11-15H2,1-5H3,(H2,23,24,25);1H. The van der Waals surface area contributed by atoms with Crippen LogP contribution in [0.1, 0.15) is 42.2 Å². The number of aryl methyl sites for hydroxylation is 2. The summed E-state index contributed by atoms with van der Waals surface area (Å²) < 4.78 is 7.15. The first kappa shape index (κ1) is 25.5. The van der Waals surface area contributed by atoms with Gasteiger partial charge in [0.15, 0.2) is 11.8 Å². The van der Waals surface area contributed by atoms with E-state index in [-0.39, 0.29) is 36.1 Å². The zero-order valence-corrected chi connectivity index (χ0v) is 21.6. The molecule has 1 aromatic heterocycles. The van der Waals surface area contributed by atoms with Crippen LogP contribution in [0.2, 0.25) is 0 Å². The number of hydrogen-bond acceptors (Lipinski definition) is 5. The largest absolute Gasteiger partial charge is 0.377 e. The van der Waals surface area contributed by atoms with Gasteiger partial charge in [0.25, 0.3) is 0 Å². The van der Waals surface area contributed by atoms with Crippen LogP contribution in [0.3, 0.4) is 0 Å². The summed E-state index contributed by atoms with van der Waals surface area (Å²) in [4.78, 5) is 11.7. The predicted molar refractivity (Wildman–Crippen MR) is 135 cm³/mol. The molecule has 8 nitrogen and oxygen atoms in total. The van der Waals surface area contributed by atoms with Gasteiger partial charge in [-0.1, -0.05) is 29.8 Å². The summed E-state index contributed by atoms with van der Waals surface area (Å²) in [6, 6.07) is 9.21. The number of hydrogen-bond donors (Lipinski definition) is 2. The maximum Gasteiger partial charge on any atom is 0.191 e. The Labute approximate surface area is 202 Å². The van der Waals surface area contributed by atoms with Crippen LogP contribution in [0, 0.1) is 6.92 Å². The molecule has 1 aromatic carbocycles. The zero-order chi connectivity index (χ0) is 21.5. The Balaban J connectivity index is 0.00000341. The SMILES string of the molecule is CCNC(=NCC(c1ccc(C)cc1)N(C)C)NC1CCc2nc(COC)nn2C1.I. The summed E-state index contributed by atoms with van der Waals surface area (Å²) in [6.45, 7) is 6.95. The Morgan fingerprint density at radius 3 is 2.71 bits per heavy atom. The monoisotopic (exact) mass is 541 g/mol. The molecule has 2 aromatic rings. The molecule has 1 aliphatic heterocycles. The Morgan fingerprint density at radius 2 is 2.06 bits per heavy atom. The highest BCUT2D eigenvalue weighted by Crippen LogP contribution is 2.19. The molecule has 0 aliphatic carbocycles. The number of fused-ring (bicyclic) bond motifs is 1. The van der Waals surface area contributed by atoms with E-state index in [0.29, 0.717) is 13.2 Å². The molecule has 0 spiro atoms. The summed E-state index contributed by atoms with van der Waals surface area (Å²) >= 11 is 0. The van der Waals surface area contributed by atoms with Crippen LogP contribution in [0.5, 0.6) is 0 Å². The lowest BCUT2D eigenvalue weighted by atomic mass is 10.0. The fourth-order valence-corrected chi connectivity index (χ4v) is 3.72. The second kappa shape index (κ2) is 12.4. The van der Waals surface area contributed by atoms with Gasteiger partial charge in [0, 0.05) is 26.1 Å². The molecule has 172 valence electrons. The fourth-order valence-electron chi connectivity index (χ4n) is 3.72. The van der Waals surface area contributed by atoms with Crippen molar-refractivity contribution in [3.63, 3.8) is 0 Å². The second-order valence-corrected chi connectivity index (χ2v) is 8.05. The molecule has 0 amide bonds. The highest BCUT2D eigenvalue weighted by Gasteiger charge is 2.22. The summed E-state index contributed by atoms with van der Waals surface area (Å²) in [6.07, 6.45) is 1.90. The van der Waals surface area contributed by atoms with Crippen molar-refractivity contribution in [1.82, 2.24) is 30.3 Å². The molecule has 2 unspecified atom stereocenters. The van der Waals surface area contributed by atoms with Crippen molar-refractivity contribution in [3.8, 4) is 0 Å². The molecule has 2 atom stereocenters. The molecule has 1 aliphatic rings. The van der Waals surface area contributed by atoms with E-state index >= 15 is 0 Å². The Hall–Kier alpha value is -1.72. The third-order valence-corrected chi connectivity index (χ3v) is 5.37. The number of benzene rings is 1. The molecule has 3 rings (SSSR count). The molecule has 0 saturated carbocycles. The lowest BCUT2D eigenvalue weighted by molar-refractivity contribution is 0.177. The summed E-state index contributed by atoms with van der Waals surface area (Å²) in [5, 5.41) is 11.5. The number of likely N-dealkylation sites (N-methyl/N-ethyl adjacent to an activating group) is 1. The van der Waals surface area contributed by atoms with E-state index in [4.69, 9.17) is 9.73 Å². The maximum absolute atomic E-state index is 5.16. The molecule has 0 saturated heterocycles. The van der Waals surface area contributed by atoms with E-state index in [1.807, 2.05) is 4.68 Å². The van der Waals surface area contributed by atoms with Crippen LogP contribution in [0.15, 0.2) is 29.3 Å². The van der Waals surface area contributed by atoms with Gasteiger partial charge in [0.2, 0.25) is 0 Å². The van der Waals surface area contributed by atoms with Crippen molar-refractivity contribution in [2.24, 2.45) is 4.99 Å². The molecule has 9 heteroatoms. The number of halogens is 1. The average molecular weight is 541 g/mol. The molecule has 2 N–H and O–H groups in total. The van der Waals surface area contributed by atoms with Gasteiger partial charge < -0.3 is 20.3 Å². The van der Waals surface area contributed by atoms with E-state index in [1.165, 1.54) is 11.1 Å². The first-order chi connectivity index (χ1) is 14.5. The smallest absolute Gasteiger partial charge is 0.191 e. The van der Waals surface area contributed by atoms with Gasteiger partial charge in [-0.2, -0.15) is 5.10 Å². The molecule has 31 heavy (non-hydrogen) atoms. The topological polar surface area (TPSA) is 79.6 Å². The highest BCUT2D eigenvalue weighted by atomic mass is 127. The Kier molecular flexibility index (Phi) is 10.2. The van der Waals surface area contributed by atoms with Crippen LogP contribution >= 0.6 is 24.0 Å². The quantitative estimate of drug-likeness (QED) is 0.304. The van der Waals surface area contributed by atoms with E-state index in [2.05, 4.69) is 77.8 Å². The highest BCUT2D eigenvalue weighted by molar-refractivity contribution is 14.0. The van der Waals surface area contributed by atoms with Crippen LogP contribution in [0.25, 0.3) is 0 Å². The maximum atomic E-state index is 5.16. The number of guanidine groups is 1. The number of rotatable bonds is 8. The van der Waals surface area contributed by atoms with E-state index in [1.54, 1.807) is 7.11 Å². The van der Waals surface area contributed by atoms with Gasteiger partial charge in [0.05, 0.1) is 19.1 Å². The van der Waals surface area contributed by atoms with E-state index < -0.39 is 0 Å². The van der Waals surface area contributed by atoms with Crippen LogP contribution < -0.4 is 10.6 Å². The van der Waals surface area contributed by atoms with E-state index in [0.717, 1.165) is 43.5 Å². The molecule has 0 radical (unpaired) electrons. The predicted octanol–water partition coefficient (Wildman–Crippen LogP) is 2.52. The molecular formula is C22H36IN7O. The number of nitrogens with one attached hydrogen (secondary N) is 2. The van der Waals surface area contributed by atoms with Gasteiger partial charge in [0.1, 0.15) is 12.4 Å². The fraction of sp³-hybridized carbons (Fsp3) is 0.591. The number of aromatic nitrogens is 3. The van der Waals surface area contributed by atoms with Crippen molar-refractivity contribution < 1.29 is 4.74 Å². The van der Waals surface area contributed by atoms with Crippen molar-refractivity contribution in [3.05, 3.63) is 47.0 Å². The lowest BCUT2D eigenvalue weighted by Gasteiger charge is -2.27. The minimum atomic E-state index is 0. The Bertz CT molecular complexity index is 835. The van der Waals surface area contributed by atoms with E-state index in [9.17, 15) is 0 Å². The second-order valence-electron chi connectivity index (χ2n) is 8.05. The van der Waals surface area contributed by atoms with Crippen molar-refractivity contribution in [1.29, 1.82) is 0 Å². The minimum absolute atomic E-state index is 0. The van der Waals surface area contributed by atoms with Crippen molar-refractivity contribution in [2.75, 3.05) is 34.3 Å². The van der Waals surface area contributed by atoms with Gasteiger partial charge in [-0.05, 0) is 39.9 Å². The van der Waals surface area contributed by atoms with Gasteiger partial charge in [-0.25, -0.2) is 9.67 Å². The Morgan fingerprint density at radius 1 is 1.32 bits per heavy atom. The van der Waals surface area contributed by atoms with Crippen LogP contribution in [-0.4, -0.2) is 66.0 Å². The normalized spacial score (nSPS) is 17.1. The summed E-state index contributed by atoms with van der Waals surface area (Å²) in [7, 11) is 5.87. The first-order valence-electron chi connectivity index (χ1n) is 10.7. The zero-order valence-electron chi connectivity index (χ0n) is 19.3. The third-order valence-electron chi connectivity index (χ3n) is 5.37. The third kappa shape index (κ3) is 7.15.